The third kappa shape index (κ3) is 6.40. The lowest BCUT2D eigenvalue weighted by Gasteiger charge is -2.33. The number of hydrogen-bond acceptors (Lipinski definition) is 6. The van der Waals surface area contributed by atoms with E-state index in [1.165, 1.54) is 11.3 Å². The Labute approximate surface area is 224 Å². The largest absolute Gasteiger partial charge is 0.378 e. The molecule has 2 saturated heterocycles. The summed E-state index contributed by atoms with van der Waals surface area (Å²) in [5.41, 5.74) is 2.10. The van der Waals surface area contributed by atoms with Crippen LogP contribution >= 0.6 is 11.8 Å². The van der Waals surface area contributed by atoms with Gasteiger partial charge in [0.25, 0.3) is 0 Å². The summed E-state index contributed by atoms with van der Waals surface area (Å²) in [5.74, 6) is 1.62. The van der Waals surface area contributed by atoms with Crippen molar-refractivity contribution in [1.82, 2.24) is 14.8 Å². The van der Waals surface area contributed by atoms with Crippen LogP contribution in [0.2, 0.25) is 0 Å². The predicted molar refractivity (Wildman–Crippen MR) is 149 cm³/mol. The van der Waals surface area contributed by atoms with Crippen LogP contribution in [0, 0.1) is 5.92 Å². The summed E-state index contributed by atoms with van der Waals surface area (Å²) in [6.07, 6.45) is 10.0. The van der Waals surface area contributed by atoms with E-state index in [0.29, 0.717) is 32.7 Å². The van der Waals surface area contributed by atoms with Gasteiger partial charge in [0.2, 0.25) is 11.8 Å². The normalized spacial score (nSPS) is 19.1. The highest BCUT2D eigenvalue weighted by Crippen LogP contribution is 2.31. The lowest BCUT2D eigenvalue weighted by Crippen LogP contribution is -2.40. The van der Waals surface area contributed by atoms with Crippen LogP contribution in [0.25, 0.3) is 10.9 Å². The Morgan fingerprint density at radius 3 is 2.65 bits per heavy atom. The van der Waals surface area contributed by atoms with E-state index in [1.54, 1.807) is 11.8 Å². The van der Waals surface area contributed by atoms with E-state index in [2.05, 4.69) is 40.3 Å². The second-order valence-corrected chi connectivity index (χ2v) is 11.4. The molecule has 3 heterocycles. The Morgan fingerprint density at radius 1 is 1.11 bits per heavy atom. The van der Waals surface area contributed by atoms with E-state index >= 15 is 0 Å². The van der Waals surface area contributed by atoms with E-state index < -0.39 is 0 Å². The fourth-order valence-electron chi connectivity index (χ4n) is 5.95. The average Bonchev–Trinajstić information content (AvgIpc) is 3.36. The zero-order chi connectivity index (χ0) is 25.6. The van der Waals surface area contributed by atoms with Crippen LogP contribution in [0.4, 0.5) is 5.82 Å². The molecule has 1 aromatic heterocycles. The van der Waals surface area contributed by atoms with Crippen molar-refractivity contribution in [3.63, 3.8) is 0 Å². The Bertz CT molecular complexity index is 1100. The highest BCUT2D eigenvalue weighted by molar-refractivity contribution is 7.98. The SMILES string of the molecule is CSc1ccc2cc(CN(CCCN3CCCC3=O)C(=O)C3CCCCC3)c(N3CCOCC3)nc2c1. The summed E-state index contributed by atoms with van der Waals surface area (Å²) < 4.78 is 5.62. The first-order valence-electron chi connectivity index (χ1n) is 14.0. The Kier molecular flexibility index (Phi) is 8.87. The molecule has 0 spiro atoms. The van der Waals surface area contributed by atoms with E-state index in [4.69, 9.17) is 9.72 Å². The molecule has 8 heteroatoms. The summed E-state index contributed by atoms with van der Waals surface area (Å²) in [6.45, 7) is 5.81. The standard InChI is InChI=1S/C29H40N4O3S/c1-37-25-11-10-23-19-24(28(30-26(23)20-25)32-15-17-36-18-16-32)21-33(29(35)22-7-3-2-4-8-22)14-6-13-31-12-5-9-27(31)34/h10-11,19-20,22H,2-9,12-18,21H2,1H3. The van der Waals surface area contributed by atoms with Gasteiger partial charge in [0, 0.05) is 67.5 Å². The molecule has 7 nitrogen and oxygen atoms in total. The number of morpholine rings is 1. The molecule has 3 aliphatic rings. The van der Waals surface area contributed by atoms with Gasteiger partial charge in [0.05, 0.1) is 18.7 Å². The highest BCUT2D eigenvalue weighted by atomic mass is 32.2. The minimum atomic E-state index is 0.117. The van der Waals surface area contributed by atoms with Crippen molar-refractivity contribution in [2.75, 3.05) is 57.1 Å². The maximum Gasteiger partial charge on any atom is 0.225 e. The molecule has 1 aromatic carbocycles. The number of rotatable bonds is 9. The topological polar surface area (TPSA) is 66.0 Å². The van der Waals surface area contributed by atoms with Gasteiger partial charge in [-0.25, -0.2) is 4.98 Å². The maximum atomic E-state index is 13.8. The predicted octanol–water partition coefficient (Wildman–Crippen LogP) is 4.71. The minimum absolute atomic E-state index is 0.117. The summed E-state index contributed by atoms with van der Waals surface area (Å²) in [7, 11) is 0. The van der Waals surface area contributed by atoms with E-state index in [-0.39, 0.29) is 17.7 Å². The molecule has 1 saturated carbocycles. The second-order valence-electron chi connectivity index (χ2n) is 10.6. The first-order valence-corrected chi connectivity index (χ1v) is 15.2. The van der Waals surface area contributed by atoms with Gasteiger partial charge in [-0.15, -0.1) is 11.8 Å². The Morgan fingerprint density at radius 2 is 1.92 bits per heavy atom. The van der Waals surface area contributed by atoms with Crippen LogP contribution in [0.3, 0.4) is 0 Å². The zero-order valence-corrected chi connectivity index (χ0v) is 22.9. The van der Waals surface area contributed by atoms with E-state index in [0.717, 1.165) is 87.0 Å². The van der Waals surface area contributed by atoms with Gasteiger partial charge in [0.15, 0.2) is 0 Å². The minimum Gasteiger partial charge on any atom is -0.378 e. The maximum absolute atomic E-state index is 13.8. The first kappa shape index (κ1) is 26.3. The zero-order valence-electron chi connectivity index (χ0n) is 22.1. The lowest BCUT2D eigenvalue weighted by atomic mass is 9.88. The van der Waals surface area contributed by atoms with Crippen LogP contribution in [0.1, 0.15) is 56.9 Å². The van der Waals surface area contributed by atoms with Gasteiger partial charge < -0.3 is 19.4 Å². The van der Waals surface area contributed by atoms with Gasteiger partial charge in [-0.2, -0.15) is 0 Å². The summed E-state index contributed by atoms with van der Waals surface area (Å²) in [6, 6.07) is 8.69. The molecule has 0 bridgehead atoms. The molecule has 1 aliphatic carbocycles. The molecular formula is C29H40N4O3S. The third-order valence-corrected chi connectivity index (χ3v) is 8.77. The molecule has 0 radical (unpaired) electrons. The van der Waals surface area contributed by atoms with Crippen molar-refractivity contribution in [2.45, 2.75) is 62.8 Å². The molecule has 2 aliphatic heterocycles. The van der Waals surface area contributed by atoms with E-state index in [1.807, 2.05) is 4.90 Å². The van der Waals surface area contributed by atoms with Crippen molar-refractivity contribution >= 4 is 40.3 Å². The molecule has 0 N–H and O–H groups in total. The monoisotopic (exact) mass is 524 g/mol. The number of benzene rings is 1. The molecule has 0 unspecified atom stereocenters. The summed E-state index contributed by atoms with van der Waals surface area (Å²) >= 11 is 1.72. The van der Waals surface area contributed by atoms with Crippen molar-refractivity contribution in [3.8, 4) is 0 Å². The number of fused-ring (bicyclic) bond motifs is 1. The lowest BCUT2D eigenvalue weighted by molar-refractivity contribution is -0.137. The number of likely N-dealkylation sites (tertiary alicyclic amines) is 1. The highest BCUT2D eigenvalue weighted by Gasteiger charge is 2.28. The molecule has 5 rings (SSSR count). The molecular weight excluding hydrogens is 484 g/mol. The number of thioether (sulfide) groups is 1. The van der Waals surface area contributed by atoms with Crippen molar-refractivity contribution in [2.24, 2.45) is 5.92 Å². The number of nitrogens with zero attached hydrogens (tertiary/aromatic N) is 4. The fraction of sp³-hybridized carbons (Fsp3) is 0.621. The quantitative estimate of drug-likeness (QED) is 0.443. The van der Waals surface area contributed by atoms with Gasteiger partial charge in [-0.3, -0.25) is 9.59 Å². The second kappa shape index (κ2) is 12.5. The molecule has 2 amide bonds. The number of pyridine rings is 1. The van der Waals surface area contributed by atoms with Crippen LogP contribution in [-0.4, -0.2) is 78.8 Å². The third-order valence-electron chi connectivity index (χ3n) is 8.05. The van der Waals surface area contributed by atoms with Gasteiger partial charge in [0.1, 0.15) is 5.82 Å². The number of aromatic nitrogens is 1. The number of carbonyl (C=O) groups is 2. The molecule has 0 atom stereocenters. The summed E-state index contributed by atoms with van der Waals surface area (Å²) in [4.78, 5) is 38.6. The number of ether oxygens (including phenoxy) is 1. The average molecular weight is 525 g/mol. The van der Waals surface area contributed by atoms with Crippen LogP contribution in [-0.2, 0) is 20.9 Å². The molecule has 3 fully saturated rings. The Balaban J connectivity index is 1.42. The Hall–Kier alpha value is -2.32. The van der Waals surface area contributed by atoms with Crippen LogP contribution in [0.5, 0.6) is 0 Å². The molecule has 200 valence electrons. The van der Waals surface area contributed by atoms with Gasteiger partial charge >= 0.3 is 0 Å². The van der Waals surface area contributed by atoms with Gasteiger partial charge in [-0.1, -0.05) is 25.3 Å². The van der Waals surface area contributed by atoms with Crippen molar-refractivity contribution in [3.05, 3.63) is 29.8 Å². The van der Waals surface area contributed by atoms with Crippen molar-refractivity contribution in [1.29, 1.82) is 0 Å². The number of anilines is 1. The molecule has 2 aromatic rings. The smallest absolute Gasteiger partial charge is 0.225 e. The van der Waals surface area contributed by atoms with Crippen LogP contribution in [0.15, 0.2) is 29.2 Å². The van der Waals surface area contributed by atoms with E-state index in [9.17, 15) is 9.59 Å². The van der Waals surface area contributed by atoms with Gasteiger partial charge in [-0.05, 0) is 50.1 Å². The van der Waals surface area contributed by atoms with Crippen molar-refractivity contribution < 1.29 is 14.3 Å². The summed E-state index contributed by atoms with van der Waals surface area (Å²) in [5, 5.41) is 1.11. The fourth-order valence-corrected chi connectivity index (χ4v) is 6.38. The number of amides is 2. The number of hydrogen-bond donors (Lipinski definition) is 0. The number of carbonyl (C=O) groups excluding carboxylic acids is 2. The van der Waals surface area contributed by atoms with Crippen LogP contribution < -0.4 is 4.90 Å². The molecule has 37 heavy (non-hydrogen) atoms. The first-order chi connectivity index (χ1) is 18.1.